The second-order valence-electron chi connectivity index (χ2n) is 3.92. The van der Waals surface area contributed by atoms with Crippen LogP contribution in [0.5, 0.6) is 0 Å². The number of benzene rings is 1. The number of aryl methyl sites for hydroxylation is 1. The molecular weight excluding hydrogens is 203 g/mol. The SMILES string of the molecule is CCCn1c(F)cnc1-c1ccc(C)cc1. The van der Waals surface area contributed by atoms with Gasteiger partial charge in [-0.25, -0.2) is 4.98 Å². The minimum atomic E-state index is -0.266. The Bertz CT molecular complexity index is 471. The molecule has 0 bridgehead atoms. The van der Waals surface area contributed by atoms with Crippen LogP contribution in [0.15, 0.2) is 30.5 Å². The molecule has 0 radical (unpaired) electrons. The van der Waals surface area contributed by atoms with E-state index in [0.717, 1.165) is 12.0 Å². The zero-order valence-electron chi connectivity index (χ0n) is 9.57. The van der Waals surface area contributed by atoms with Gasteiger partial charge < -0.3 is 4.57 Å². The zero-order chi connectivity index (χ0) is 11.5. The molecule has 0 saturated carbocycles. The van der Waals surface area contributed by atoms with Crippen molar-refractivity contribution < 1.29 is 4.39 Å². The van der Waals surface area contributed by atoms with Crippen LogP contribution in [0.25, 0.3) is 11.4 Å². The summed E-state index contributed by atoms with van der Waals surface area (Å²) in [4.78, 5) is 4.12. The van der Waals surface area contributed by atoms with Crippen molar-refractivity contribution in [2.24, 2.45) is 0 Å². The summed E-state index contributed by atoms with van der Waals surface area (Å²) < 4.78 is 15.1. The van der Waals surface area contributed by atoms with E-state index in [9.17, 15) is 4.39 Å². The van der Waals surface area contributed by atoms with Gasteiger partial charge >= 0.3 is 0 Å². The minimum absolute atomic E-state index is 0.266. The van der Waals surface area contributed by atoms with Crippen LogP contribution in [0.3, 0.4) is 0 Å². The van der Waals surface area contributed by atoms with Crippen molar-refractivity contribution in [1.82, 2.24) is 9.55 Å². The van der Waals surface area contributed by atoms with E-state index in [1.807, 2.05) is 38.1 Å². The summed E-state index contributed by atoms with van der Waals surface area (Å²) in [7, 11) is 0. The molecule has 0 fully saturated rings. The van der Waals surface area contributed by atoms with Gasteiger partial charge in [0.15, 0.2) is 0 Å². The predicted octanol–water partition coefficient (Wildman–Crippen LogP) is 3.41. The molecule has 0 unspecified atom stereocenters. The molecule has 0 amide bonds. The molecule has 0 saturated heterocycles. The fourth-order valence-electron chi connectivity index (χ4n) is 1.72. The van der Waals surface area contributed by atoms with Crippen LogP contribution >= 0.6 is 0 Å². The fourth-order valence-corrected chi connectivity index (χ4v) is 1.72. The van der Waals surface area contributed by atoms with Gasteiger partial charge in [-0.2, -0.15) is 4.39 Å². The Morgan fingerprint density at radius 1 is 1.25 bits per heavy atom. The molecule has 16 heavy (non-hydrogen) atoms. The summed E-state index contributed by atoms with van der Waals surface area (Å²) in [6.07, 6.45) is 2.18. The van der Waals surface area contributed by atoms with Gasteiger partial charge in [0.05, 0.1) is 6.20 Å². The zero-order valence-corrected chi connectivity index (χ0v) is 9.57. The first-order chi connectivity index (χ1) is 7.72. The molecule has 0 N–H and O–H groups in total. The van der Waals surface area contributed by atoms with E-state index in [4.69, 9.17) is 0 Å². The first-order valence-electron chi connectivity index (χ1n) is 5.50. The highest BCUT2D eigenvalue weighted by atomic mass is 19.1. The Labute approximate surface area is 94.8 Å². The molecule has 2 nitrogen and oxygen atoms in total. The van der Waals surface area contributed by atoms with Crippen LogP contribution in [0.2, 0.25) is 0 Å². The Balaban J connectivity index is 2.43. The second-order valence-corrected chi connectivity index (χ2v) is 3.92. The van der Waals surface area contributed by atoms with Crippen LogP contribution < -0.4 is 0 Å². The average Bonchev–Trinajstić information content (AvgIpc) is 2.63. The van der Waals surface area contributed by atoms with Crippen LogP contribution in [0, 0.1) is 12.9 Å². The summed E-state index contributed by atoms with van der Waals surface area (Å²) in [6, 6.07) is 7.98. The molecule has 1 heterocycles. The largest absolute Gasteiger partial charge is 0.301 e. The molecule has 0 aliphatic heterocycles. The number of rotatable bonds is 3. The number of aromatic nitrogens is 2. The van der Waals surface area contributed by atoms with Crippen molar-refractivity contribution in [1.29, 1.82) is 0 Å². The molecule has 0 aliphatic rings. The van der Waals surface area contributed by atoms with Gasteiger partial charge in [0.2, 0.25) is 5.95 Å². The Morgan fingerprint density at radius 2 is 1.94 bits per heavy atom. The van der Waals surface area contributed by atoms with Crippen LogP contribution in [-0.2, 0) is 6.54 Å². The summed E-state index contributed by atoms with van der Waals surface area (Å²) in [5, 5.41) is 0. The summed E-state index contributed by atoms with van der Waals surface area (Å²) >= 11 is 0. The highest BCUT2D eigenvalue weighted by Gasteiger charge is 2.10. The third-order valence-electron chi connectivity index (χ3n) is 2.56. The van der Waals surface area contributed by atoms with E-state index >= 15 is 0 Å². The topological polar surface area (TPSA) is 17.8 Å². The number of halogens is 1. The Kier molecular flexibility index (Phi) is 3.04. The number of nitrogens with zero attached hydrogens (tertiary/aromatic N) is 2. The van der Waals surface area contributed by atoms with Crippen molar-refractivity contribution in [3.05, 3.63) is 42.0 Å². The van der Waals surface area contributed by atoms with Gasteiger partial charge in [-0.05, 0) is 13.3 Å². The van der Waals surface area contributed by atoms with Gasteiger partial charge in [0.25, 0.3) is 0 Å². The summed E-state index contributed by atoms with van der Waals surface area (Å²) in [5.41, 5.74) is 2.15. The average molecular weight is 218 g/mol. The van der Waals surface area contributed by atoms with E-state index in [2.05, 4.69) is 4.98 Å². The van der Waals surface area contributed by atoms with Crippen molar-refractivity contribution in [3.8, 4) is 11.4 Å². The van der Waals surface area contributed by atoms with Crippen molar-refractivity contribution in [2.45, 2.75) is 26.8 Å². The predicted molar refractivity (Wildman–Crippen MR) is 62.6 cm³/mol. The van der Waals surface area contributed by atoms with E-state index in [1.54, 1.807) is 4.57 Å². The minimum Gasteiger partial charge on any atom is -0.301 e. The molecule has 1 aromatic carbocycles. The summed E-state index contributed by atoms with van der Waals surface area (Å²) in [6.45, 7) is 4.72. The van der Waals surface area contributed by atoms with Gasteiger partial charge in [-0.1, -0.05) is 36.8 Å². The smallest absolute Gasteiger partial charge is 0.213 e. The monoisotopic (exact) mass is 218 g/mol. The maximum atomic E-state index is 13.5. The lowest BCUT2D eigenvalue weighted by Gasteiger charge is -2.07. The van der Waals surface area contributed by atoms with Gasteiger partial charge in [0.1, 0.15) is 5.82 Å². The highest BCUT2D eigenvalue weighted by molar-refractivity contribution is 5.56. The molecule has 2 rings (SSSR count). The standard InChI is InChI=1S/C13H15FN2/c1-3-8-16-12(14)9-15-13(16)11-6-4-10(2)5-7-11/h4-7,9H,3,8H2,1-2H3. The van der Waals surface area contributed by atoms with Crippen molar-refractivity contribution in [2.75, 3.05) is 0 Å². The van der Waals surface area contributed by atoms with Gasteiger partial charge in [-0.15, -0.1) is 0 Å². The normalized spacial score (nSPS) is 10.7. The van der Waals surface area contributed by atoms with Gasteiger partial charge in [-0.3, -0.25) is 0 Å². The van der Waals surface area contributed by atoms with Crippen LogP contribution in [0.1, 0.15) is 18.9 Å². The molecule has 0 atom stereocenters. The quantitative estimate of drug-likeness (QED) is 0.772. The number of hydrogen-bond acceptors (Lipinski definition) is 1. The van der Waals surface area contributed by atoms with Crippen molar-refractivity contribution >= 4 is 0 Å². The first-order valence-corrected chi connectivity index (χ1v) is 5.50. The van der Waals surface area contributed by atoms with Crippen molar-refractivity contribution in [3.63, 3.8) is 0 Å². The fraction of sp³-hybridized carbons (Fsp3) is 0.308. The van der Waals surface area contributed by atoms with Crippen LogP contribution in [0.4, 0.5) is 4.39 Å². The second kappa shape index (κ2) is 4.47. The third-order valence-corrected chi connectivity index (χ3v) is 2.56. The molecule has 2 aromatic rings. The van der Waals surface area contributed by atoms with E-state index < -0.39 is 0 Å². The van der Waals surface area contributed by atoms with E-state index in [0.29, 0.717) is 12.4 Å². The molecule has 0 spiro atoms. The van der Waals surface area contributed by atoms with E-state index in [1.165, 1.54) is 11.8 Å². The Morgan fingerprint density at radius 3 is 2.56 bits per heavy atom. The first kappa shape index (κ1) is 10.9. The van der Waals surface area contributed by atoms with E-state index in [-0.39, 0.29) is 5.95 Å². The third kappa shape index (κ3) is 1.98. The Hall–Kier alpha value is -1.64. The lowest BCUT2D eigenvalue weighted by Crippen LogP contribution is -2.02. The molecule has 0 aliphatic carbocycles. The van der Waals surface area contributed by atoms with Crippen LogP contribution in [-0.4, -0.2) is 9.55 Å². The highest BCUT2D eigenvalue weighted by Crippen LogP contribution is 2.20. The molecule has 84 valence electrons. The number of hydrogen-bond donors (Lipinski definition) is 0. The maximum absolute atomic E-state index is 13.5. The maximum Gasteiger partial charge on any atom is 0.213 e. The van der Waals surface area contributed by atoms with Gasteiger partial charge in [0, 0.05) is 12.1 Å². The molecule has 1 aromatic heterocycles. The lowest BCUT2D eigenvalue weighted by molar-refractivity contribution is 0.495. The summed E-state index contributed by atoms with van der Waals surface area (Å²) in [5.74, 6) is 0.441. The molecule has 3 heteroatoms. The number of imidazole rings is 1. The molecular formula is C13H15FN2. The lowest BCUT2D eigenvalue weighted by atomic mass is 10.1.